The molecule has 1 heterocycles. The number of methoxy groups -OCH3 is 1. The van der Waals surface area contributed by atoms with E-state index in [9.17, 15) is 24.5 Å². The maximum atomic E-state index is 12.1. The van der Waals surface area contributed by atoms with E-state index in [2.05, 4.69) is 10.4 Å². The molecule has 0 fully saturated rings. The lowest BCUT2D eigenvalue weighted by molar-refractivity contribution is -0.385. The van der Waals surface area contributed by atoms with E-state index in [1.54, 1.807) is 0 Å². The second kappa shape index (κ2) is 7.45. The van der Waals surface area contributed by atoms with Crippen LogP contribution in [-0.4, -0.2) is 28.8 Å². The predicted molar refractivity (Wildman–Crippen MR) is 86.7 cm³/mol. The summed E-state index contributed by atoms with van der Waals surface area (Å²) in [6.07, 6.45) is 0.857. The fraction of sp³-hybridized carbons (Fsp3) is 0.0714. The van der Waals surface area contributed by atoms with Gasteiger partial charge in [0.25, 0.3) is 23.1 Å². The van der Waals surface area contributed by atoms with Gasteiger partial charge in [-0.15, -0.1) is 0 Å². The summed E-state index contributed by atoms with van der Waals surface area (Å²) < 4.78 is 5.01. The molecule has 0 aliphatic heterocycles. The van der Waals surface area contributed by atoms with Crippen molar-refractivity contribution in [2.24, 2.45) is 0 Å². The van der Waals surface area contributed by atoms with Gasteiger partial charge in [-0.25, -0.2) is 0 Å². The van der Waals surface area contributed by atoms with Crippen LogP contribution < -0.4 is 21.1 Å². The van der Waals surface area contributed by atoms with Crippen molar-refractivity contribution < 1.29 is 19.2 Å². The highest BCUT2D eigenvalue weighted by Gasteiger charge is 2.18. The first-order valence-corrected chi connectivity index (χ1v) is 7.02. The molecule has 0 atom stereocenters. The summed E-state index contributed by atoms with van der Waals surface area (Å²) in [5, 5.41) is 11.0. The molecule has 0 aliphatic rings. The fourth-order valence-electron chi connectivity index (χ4n) is 1.85. The quantitative estimate of drug-likeness (QED) is 0.544. The Morgan fingerprint density at radius 2 is 1.84 bits per heavy atom. The number of hydrogen-bond donors (Lipinski definition) is 3. The number of benzene rings is 1. The average Bonchev–Trinajstić information content (AvgIpc) is 2.59. The molecule has 0 aliphatic carbocycles. The van der Waals surface area contributed by atoms with Crippen molar-refractivity contribution in [3.8, 4) is 5.75 Å². The molecule has 1 aromatic heterocycles. The minimum Gasteiger partial charge on any atom is -0.496 e. The number of nitro groups is 1. The van der Waals surface area contributed by atoms with Gasteiger partial charge in [-0.05, 0) is 18.2 Å². The van der Waals surface area contributed by atoms with E-state index in [1.165, 1.54) is 25.3 Å². The minimum absolute atomic E-state index is 0.0835. The number of amides is 2. The average molecular weight is 367 g/mol. The third-order valence-electron chi connectivity index (χ3n) is 3.04. The third kappa shape index (κ3) is 4.12. The molecule has 25 heavy (non-hydrogen) atoms. The molecule has 0 saturated carbocycles. The lowest BCUT2D eigenvalue weighted by Crippen LogP contribution is -2.43. The minimum atomic E-state index is -1.02. The number of hydrazine groups is 1. The smallest absolute Gasteiger partial charge is 0.286 e. The molecule has 0 bridgehead atoms. The molecule has 0 radical (unpaired) electrons. The highest BCUT2D eigenvalue weighted by Crippen LogP contribution is 2.22. The number of pyridine rings is 1. The van der Waals surface area contributed by atoms with Gasteiger partial charge >= 0.3 is 0 Å². The number of carbonyl (C=O) groups excluding carboxylic acids is 2. The van der Waals surface area contributed by atoms with Crippen molar-refractivity contribution in [3.05, 3.63) is 67.1 Å². The van der Waals surface area contributed by atoms with E-state index in [1.807, 2.05) is 5.43 Å². The number of rotatable bonds is 4. The van der Waals surface area contributed by atoms with Crippen molar-refractivity contribution in [1.29, 1.82) is 0 Å². The van der Waals surface area contributed by atoms with Gasteiger partial charge in [0.05, 0.1) is 23.8 Å². The van der Waals surface area contributed by atoms with E-state index in [4.69, 9.17) is 16.3 Å². The van der Waals surface area contributed by atoms with Crippen molar-refractivity contribution in [2.45, 2.75) is 0 Å². The number of H-pyrrole nitrogens is 1. The van der Waals surface area contributed by atoms with E-state index in [0.29, 0.717) is 5.02 Å². The molecule has 0 saturated heterocycles. The molecule has 2 aromatic rings. The van der Waals surface area contributed by atoms with Crippen LogP contribution in [0.3, 0.4) is 0 Å². The Morgan fingerprint density at radius 3 is 2.44 bits per heavy atom. The van der Waals surface area contributed by atoms with E-state index in [0.717, 1.165) is 12.3 Å². The first kappa shape index (κ1) is 17.9. The van der Waals surface area contributed by atoms with Gasteiger partial charge in [-0.1, -0.05) is 11.6 Å². The monoisotopic (exact) mass is 366 g/mol. The molecule has 2 amide bonds. The van der Waals surface area contributed by atoms with E-state index < -0.39 is 33.5 Å². The lowest BCUT2D eigenvalue weighted by Gasteiger charge is -2.10. The van der Waals surface area contributed by atoms with Crippen LogP contribution in [0.15, 0.2) is 35.3 Å². The Morgan fingerprint density at radius 1 is 1.20 bits per heavy atom. The van der Waals surface area contributed by atoms with Gasteiger partial charge in [-0.2, -0.15) is 0 Å². The summed E-state index contributed by atoms with van der Waals surface area (Å²) in [5.41, 5.74) is 2.31. The molecule has 11 heteroatoms. The standard InChI is InChI=1S/C14H11ClN4O6/c1-25-11-4-7(15)2-3-9(11)13(21)17-18-14(22)10-5-8(19(23)24)6-16-12(10)20/h2-6H,1H3,(H,16,20)(H,17,21)(H,18,22). The molecule has 0 spiro atoms. The van der Waals surface area contributed by atoms with Gasteiger partial charge in [0.15, 0.2) is 0 Å². The van der Waals surface area contributed by atoms with Crippen LogP contribution in [0.25, 0.3) is 0 Å². The summed E-state index contributed by atoms with van der Waals surface area (Å²) in [6.45, 7) is 0. The van der Waals surface area contributed by atoms with Crippen molar-refractivity contribution in [3.63, 3.8) is 0 Å². The number of ether oxygens (including phenoxy) is 1. The summed E-state index contributed by atoms with van der Waals surface area (Å²) in [5.74, 6) is -1.58. The Balaban J connectivity index is 2.15. The Labute approximate surface area is 144 Å². The highest BCUT2D eigenvalue weighted by atomic mass is 35.5. The third-order valence-corrected chi connectivity index (χ3v) is 3.28. The SMILES string of the molecule is COc1cc(Cl)ccc1C(=O)NNC(=O)c1cc([N+](=O)[O-])c[nH]c1=O. The van der Waals surface area contributed by atoms with Crippen LogP contribution in [-0.2, 0) is 0 Å². The summed E-state index contributed by atoms with van der Waals surface area (Å²) in [7, 11) is 1.34. The van der Waals surface area contributed by atoms with Crippen LogP contribution in [0, 0.1) is 10.1 Å². The number of aromatic nitrogens is 1. The molecular weight excluding hydrogens is 356 g/mol. The number of carbonyl (C=O) groups is 2. The van der Waals surface area contributed by atoms with Crippen LogP contribution >= 0.6 is 11.6 Å². The summed E-state index contributed by atoms with van der Waals surface area (Å²) in [4.78, 5) is 47.6. The Bertz CT molecular complexity index is 910. The van der Waals surface area contributed by atoms with Gasteiger partial charge in [0, 0.05) is 11.1 Å². The molecule has 1 aromatic carbocycles. The number of nitrogens with one attached hydrogen (secondary N) is 3. The second-order valence-corrected chi connectivity index (χ2v) is 5.05. The lowest BCUT2D eigenvalue weighted by atomic mass is 10.2. The zero-order valence-electron chi connectivity index (χ0n) is 12.7. The maximum Gasteiger partial charge on any atom is 0.286 e. The first-order chi connectivity index (χ1) is 11.8. The second-order valence-electron chi connectivity index (χ2n) is 4.61. The highest BCUT2D eigenvalue weighted by molar-refractivity contribution is 6.30. The van der Waals surface area contributed by atoms with Crippen molar-refractivity contribution in [1.82, 2.24) is 15.8 Å². The Kier molecular flexibility index (Phi) is 5.35. The maximum absolute atomic E-state index is 12.1. The number of aromatic amines is 1. The van der Waals surface area contributed by atoms with Gasteiger partial charge < -0.3 is 9.72 Å². The van der Waals surface area contributed by atoms with E-state index >= 15 is 0 Å². The van der Waals surface area contributed by atoms with Crippen LogP contribution in [0.1, 0.15) is 20.7 Å². The van der Waals surface area contributed by atoms with Gasteiger partial charge in [-0.3, -0.25) is 35.3 Å². The van der Waals surface area contributed by atoms with Crippen LogP contribution in [0.2, 0.25) is 5.02 Å². The van der Waals surface area contributed by atoms with Crippen molar-refractivity contribution in [2.75, 3.05) is 7.11 Å². The fourth-order valence-corrected chi connectivity index (χ4v) is 2.01. The normalized spacial score (nSPS) is 10.0. The summed E-state index contributed by atoms with van der Waals surface area (Å²) >= 11 is 5.79. The summed E-state index contributed by atoms with van der Waals surface area (Å²) in [6, 6.07) is 5.03. The number of halogens is 1. The Hall–Kier alpha value is -3.40. The molecular formula is C14H11ClN4O6. The van der Waals surface area contributed by atoms with Gasteiger partial charge in [0.2, 0.25) is 0 Å². The zero-order valence-corrected chi connectivity index (χ0v) is 13.4. The largest absolute Gasteiger partial charge is 0.496 e. The number of hydrogen-bond acceptors (Lipinski definition) is 6. The van der Waals surface area contributed by atoms with Crippen molar-refractivity contribution >= 4 is 29.1 Å². The molecule has 0 unspecified atom stereocenters. The zero-order chi connectivity index (χ0) is 18.6. The van der Waals surface area contributed by atoms with Crippen LogP contribution in [0.5, 0.6) is 5.75 Å². The van der Waals surface area contributed by atoms with E-state index in [-0.39, 0.29) is 11.3 Å². The first-order valence-electron chi connectivity index (χ1n) is 6.65. The molecule has 130 valence electrons. The van der Waals surface area contributed by atoms with Gasteiger partial charge in [0.1, 0.15) is 11.3 Å². The number of nitrogens with zero attached hydrogens (tertiary/aromatic N) is 1. The molecule has 2 rings (SSSR count). The topological polar surface area (TPSA) is 143 Å². The molecule has 10 nitrogen and oxygen atoms in total. The molecule has 3 N–H and O–H groups in total. The van der Waals surface area contributed by atoms with Crippen LogP contribution in [0.4, 0.5) is 5.69 Å². The predicted octanol–water partition coefficient (Wildman–Crippen LogP) is 1.02.